The molecule has 0 bridgehead atoms. The van der Waals surface area contributed by atoms with Gasteiger partial charge >= 0.3 is 5.97 Å². The molecule has 2 fully saturated rings. The molecule has 2 aromatic rings. The molecule has 10 heteroatoms. The average Bonchev–Trinajstić information content (AvgIpc) is 3.49. The van der Waals surface area contributed by atoms with E-state index in [9.17, 15) is 14.7 Å². The summed E-state index contributed by atoms with van der Waals surface area (Å²) in [5.74, 6) is -1.90. The Morgan fingerprint density at radius 2 is 2.03 bits per heavy atom. The minimum atomic E-state index is -1.31. The topological polar surface area (TPSA) is 110 Å². The lowest BCUT2D eigenvalue weighted by molar-refractivity contribution is -0.000438. The predicted octanol–water partition coefficient (Wildman–Crippen LogP) is 3.55. The molecule has 1 saturated heterocycles. The van der Waals surface area contributed by atoms with E-state index in [2.05, 4.69) is 5.16 Å². The van der Waals surface area contributed by atoms with Crippen molar-refractivity contribution in [1.82, 2.24) is 4.57 Å². The molecule has 180 valence electrons. The Labute approximate surface area is 197 Å². The van der Waals surface area contributed by atoms with E-state index < -0.39 is 28.2 Å². The predicted molar refractivity (Wildman–Crippen MR) is 128 cm³/mol. The number of carboxylic acids is 1. The van der Waals surface area contributed by atoms with E-state index in [0.717, 1.165) is 24.6 Å². The second-order valence-electron chi connectivity index (χ2n) is 10.00. The lowest BCUT2D eigenvalue weighted by Crippen LogP contribution is -2.36. The molecule has 4 rings (SSSR count). The van der Waals surface area contributed by atoms with Gasteiger partial charge in [-0.2, -0.15) is 0 Å². The molecule has 33 heavy (non-hydrogen) atoms. The summed E-state index contributed by atoms with van der Waals surface area (Å²) in [5, 5.41) is 13.8. The van der Waals surface area contributed by atoms with Crippen LogP contribution in [-0.2, 0) is 4.84 Å². The number of benzene rings is 1. The van der Waals surface area contributed by atoms with Crippen LogP contribution in [0.25, 0.3) is 10.9 Å². The maximum atomic E-state index is 15.3. The smallest absolute Gasteiger partial charge is 0.341 e. The summed E-state index contributed by atoms with van der Waals surface area (Å²) >= 11 is 0. The number of aromatic carboxylic acids is 1. The monoisotopic (exact) mass is 480 g/mol. The van der Waals surface area contributed by atoms with Crippen LogP contribution >= 0.6 is 12.4 Å². The van der Waals surface area contributed by atoms with Crippen molar-refractivity contribution in [2.24, 2.45) is 16.3 Å². The molecule has 1 atom stereocenters. The number of pyridine rings is 1. The first kappa shape index (κ1) is 25.0. The quantitative estimate of drug-likeness (QED) is 0.633. The number of aromatic nitrogens is 1. The molecule has 1 aliphatic carbocycles. The van der Waals surface area contributed by atoms with Gasteiger partial charge in [0.05, 0.1) is 23.5 Å². The van der Waals surface area contributed by atoms with Gasteiger partial charge in [0, 0.05) is 36.1 Å². The van der Waals surface area contributed by atoms with Crippen molar-refractivity contribution >= 4 is 40.7 Å². The van der Waals surface area contributed by atoms with Gasteiger partial charge in [-0.25, -0.2) is 9.18 Å². The lowest BCUT2D eigenvalue weighted by Gasteiger charge is -2.24. The molecule has 2 aliphatic rings. The van der Waals surface area contributed by atoms with Crippen molar-refractivity contribution in [3.8, 4) is 0 Å². The van der Waals surface area contributed by atoms with E-state index in [1.165, 1.54) is 6.20 Å². The Hall–Kier alpha value is -2.65. The van der Waals surface area contributed by atoms with Crippen LogP contribution in [-0.4, -0.2) is 46.6 Å². The second-order valence-corrected chi connectivity index (χ2v) is 10.00. The van der Waals surface area contributed by atoms with Crippen LogP contribution < -0.4 is 16.1 Å². The fourth-order valence-corrected chi connectivity index (χ4v) is 4.03. The fraction of sp³-hybridized carbons (Fsp3) is 0.522. The number of halogens is 2. The molecule has 0 spiro atoms. The van der Waals surface area contributed by atoms with Gasteiger partial charge in [-0.05, 0) is 45.7 Å². The first-order valence-corrected chi connectivity index (χ1v) is 10.8. The Morgan fingerprint density at radius 1 is 1.36 bits per heavy atom. The Morgan fingerprint density at radius 3 is 2.58 bits per heavy atom. The molecule has 2 heterocycles. The molecule has 1 aromatic heterocycles. The van der Waals surface area contributed by atoms with Gasteiger partial charge in [0.1, 0.15) is 17.0 Å². The van der Waals surface area contributed by atoms with Gasteiger partial charge in [-0.3, -0.25) is 4.79 Å². The lowest BCUT2D eigenvalue weighted by atomic mass is 9.88. The Bertz CT molecular complexity index is 1190. The summed E-state index contributed by atoms with van der Waals surface area (Å²) in [7, 11) is 0. The maximum absolute atomic E-state index is 15.3. The fourth-order valence-electron chi connectivity index (χ4n) is 4.03. The molecular formula is C23H30ClFN4O4. The number of oxime groups is 1. The molecule has 1 unspecified atom stereocenters. The van der Waals surface area contributed by atoms with E-state index in [-0.39, 0.29) is 29.4 Å². The Kier molecular flexibility index (Phi) is 6.52. The normalized spacial score (nSPS) is 22.0. The molecule has 1 saturated carbocycles. The van der Waals surface area contributed by atoms with Gasteiger partial charge in [0.2, 0.25) is 5.43 Å². The zero-order valence-corrected chi connectivity index (χ0v) is 20.0. The van der Waals surface area contributed by atoms with Crippen LogP contribution in [0.5, 0.6) is 0 Å². The number of fused-ring (bicyclic) bond motifs is 1. The average molecular weight is 481 g/mol. The summed E-state index contributed by atoms with van der Waals surface area (Å²) in [6.07, 6.45) is 3.16. The third-order valence-electron chi connectivity index (χ3n) is 6.07. The van der Waals surface area contributed by atoms with E-state index >= 15 is 4.39 Å². The minimum absolute atomic E-state index is 0. The summed E-state index contributed by atoms with van der Waals surface area (Å²) in [6, 6.07) is 2.90. The molecule has 0 amide bonds. The summed E-state index contributed by atoms with van der Waals surface area (Å²) in [5.41, 5.74) is 5.66. The summed E-state index contributed by atoms with van der Waals surface area (Å²) < 4.78 is 17.0. The third-order valence-corrected chi connectivity index (χ3v) is 6.07. The number of carbonyl (C=O) groups is 1. The number of carboxylic acid groups (broad SMARTS) is 1. The summed E-state index contributed by atoms with van der Waals surface area (Å²) in [6.45, 7) is 8.77. The largest absolute Gasteiger partial charge is 0.477 e. The van der Waals surface area contributed by atoms with Gasteiger partial charge in [-0.15, -0.1) is 12.4 Å². The van der Waals surface area contributed by atoms with E-state index in [0.29, 0.717) is 30.8 Å². The highest BCUT2D eigenvalue weighted by atomic mass is 35.5. The van der Waals surface area contributed by atoms with Gasteiger partial charge < -0.3 is 25.1 Å². The molecule has 1 aliphatic heterocycles. The van der Waals surface area contributed by atoms with Crippen LogP contribution in [0.15, 0.2) is 28.3 Å². The number of nitrogens with two attached hydrogens (primary N) is 1. The SMILES string of the molecule is CC(C)(C)ON=C1CN(c2cc3c(cc2F)c(=O)c(C(=O)O)cn3C2CC2)CC1(C)CN.Cl. The van der Waals surface area contributed by atoms with Crippen LogP contribution in [0.4, 0.5) is 10.1 Å². The molecular weight excluding hydrogens is 451 g/mol. The highest BCUT2D eigenvalue weighted by Gasteiger charge is 2.41. The number of anilines is 1. The second kappa shape index (κ2) is 8.61. The van der Waals surface area contributed by atoms with E-state index in [1.54, 1.807) is 10.6 Å². The molecule has 8 nitrogen and oxygen atoms in total. The molecule has 3 N–H and O–H groups in total. The van der Waals surface area contributed by atoms with Crippen molar-refractivity contribution in [1.29, 1.82) is 0 Å². The first-order chi connectivity index (χ1) is 14.9. The van der Waals surface area contributed by atoms with Crippen molar-refractivity contribution in [2.75, 3.05) is 24.5 Å². The Balaban J connectivity index is 0.00000306. The zero-order valence-electron chi connectivity index (χ0n) is 19.2. The first-order valence-electron chi connectivity index (χ1n) is 10.8. The van der Waals surface area contributed by atoms with Crippen LogP contribution in [0.2, 0.25) is 0 Å². The van der Waals surface area contributed by atoms with Crippen LogP contribution in [0, 0.1) is 11.2 Å². The van der Waals surface area contributed by atoms with Crippen LogP contribution in [0.1, 0.15) is 56.9 Å². The highest BCUT2D eigenvalue weighted by molar-refractivity contribution is 5.98. The van der Waals surface area contributed by atoms with Gasteiger partial charge in [-0.1, -0.05) is 12.1 Å². The number of hydrogen-bond acceptors (Lipinski definition) is 6. The van der Waals surface area contributed by atoms with Crippen molar-refractivity contribution in [2.45, 2.75) is 52.2 Å². The van der Waals surface area contributed by atoms with Crippen LogP contribution in [0.3, 0.4) is 0 Å². The number of nitrogens with zero attached hydrogens (tertiary/aromatic N) is 3. The molecule has 1 aromatic carbocycles. The standard InChI is InChI=1S/C23H29FN4O4.ClH/c1-22(2,3)32-26-19-10-27(12-23(19,4)11-25)18-8-17-14(7-16(18)24)20(29)15(21(30)31)9-28(17)13-5-6-13;/h7-9,13H,5-6,10-12,25H2,1-4H3,(H,30,31);1H. The van der Waals surface area contributed by atoms with Gasteiger partial charge in [0.15, 0.2) is 0 Å². The zero-order chi connectivity index (χ0) is 23.4. The number of rotatable bonds is 5. The highest BCUT2D eigenvalue weighted by Crippen LogP contribution is 2.39. The third kappa shape index (κ3) is 4.70. The van der Waals surface area contributed by atoms with Crippen molar-refractivity contribution in [3.63, 3.8) is 0 Å². The maximum Gasteiger partial charge on any atom is 0.341 e. The minimum Gasteiger partial charge on any atom is -0.477 e. The molecule has 0 radical (unpaired) electrons. The van der Waals surface area contributed by atoms with E-state index in [4.69, 9.17) is 10.6 Å². The van der Waals surface area contributed by atoms with Crippen molar-refractivity contribution in [3.05, 3.63) is 39.9 Å². The number of hydrogen-bond donors (Lipinski definition) is 2. The van der Waals surface area contributed by atoms with E-state index in [1.807, 2.05) is 32.6 Å². The summed E-state index contributed by atoms with van der Waals surface area (Å²) in [4.78, 5) is 31.7. The van der Waals surface area contributed by atoms with Crippen molar-refractivity contribution < 1.29 is 19.1 Å². The van der Waals surface area contributed by atoms with Gasteiger partial charge in [0.25, 0.3) is 0 Å².